The molecule has 3 fully saturated rings. The van der Waals surface area contributed by atoms with Crippen LogP contribution in [0.25, 0.3) is 0 Å². The van der Waals surface area contributed by atoms with Gasteiger partial charge in [-0.1, -0.05) is 31.2 Å². The summed E-state index contributed by atoms with van der Waals surface area (Å²) in [7, 11) is 0. The number of ether oxygens (including phenoxy) is 2. The SMILES string of the molecule is C=CCN(C(=O)[C@H]1[C@H]2C(=O)N(CCCO)C(C(=O)N(CC=C)c3cc(C)ccc3C)C23CC[C@]1(CC)O3)c1ccc(OCC)cc1. The van der Waals surface area contributed by atoms with Gasteiger partial charge in [-0.25, -0.2) is 0 Å². The van der Waals surface area contributed by atoms with Crippen LogP contribution in [0.3, 0.4) is 0 Å². The Morgan fingerprint density at radius 3 is 2.37 bits per heavy atom. The molecular weight excluding hydrogens is 582 g/mol. The first-order valence-corrected chi connectivity index (χ1v) is 16.4. The minimum Gasteiger partial charge on any atom is -0.494 e. The van der Waals surface area contributed by atoms with Gasteiger partial charge in [-0.2, -0.15) is 0 Å². The molecular formula is C37H47N3O6. The van der Waals surface area contributed by atoms with E-state index < -0.39 is 29.1 Å². The Kier molecular flexibility index (Phi) is 9.75. The number of aliphatic hydroxyl groups excluding tert-OH is 1. The molecule has 0 radical (unpaired) electrons. The number of hydrogen-bond acceptors (Lipinski definition) is 6. The molecule has 2 aromatic rings. The zero-order valence-electron chi connectivity index (χ0n) is 27.5. The highest BCUT2D eigenvalue weighted by Gasteiger charge is 2.79. The number of fused-ring (bicyclic) bond motifs is 1. The van der Waals surface area contributed by atoms with E-state index in [-0.39, 0.29) is 44.0 Å². The molecule has 3 saturated heterocycles. The summed E-state index contributed by atoms with van der Waals surface area (Å²) < 4.78 is 12.6. The Bertz CT molecular complexity index is 1490. The van der Waals surface area contributed by atoms with Crippen LogP contribution in [0.1, 0.15) is 50.7 Å². The lowest BCUT2D eigenvalue weighted by Gasteiger charge is -2.37. The number of likely N-dealkylation sites (tertiary alicyclic amines) is 1. The minimum atomic E-state index is -1.18. The third-order valence-electron chi connectivity index (χ3n) is 10.0. The second-order valence-electron chi connectivity index (χ2n) is 12.6. The molecule has 3 amide bonds. The molecule has 3 aliphatic heterocycles. The van der Waals surface area contributed by atoms with Gasteiger partial charge < -0.3 is 29.3 Å². The lowest BCUT2D eigenvalue weighted by Crippen LogP contribution is -2.57. The molecule has 1 spiro atoms. The molecule has 5 rings (SSSR count). The standard InChI is InChI=1S/C37H47N3O6/c1-7-20-38(27-14-16-28(17-15-27)45-10-4)33(42)30-31-34(43)40(22-11-23-41)32(37(31)19-18-36(30,9-3)46-37)35(44)39(21-8-2)29-24-25(5)12-13-26(29)6/h7-8,12-17,24,30-32,41H,1-2,9-11,18-23H2,3-6H3/t30-,31+,32?,36+,37?/m1/s1. The summed E-state index contributed by atoms with van der Waals surface area (Å²) in [6, 6.07) is 12.3. The number of benzene rings is 2. The van der Waals surface area contributed by atoms with Crippen molar-refractivity contribution in [3.05, 3.63) is 78.9 Å². The van der Waals surface area contributed by atoms with Crippen LogP contribution in [0.15, 0.2) is 67.8 Å². The predicted molar refractivity (Wildman–Crippen MR) is 179 cm³/mol. The first-order valence-electron chi connectivity index (χ1n) is 16.4. The third kappa shape index (κ3) is 5.43. The van der Waals surface area contributed by atoms with Crippen LogP contribution in [0.5, 0.6) is 5.75 Å². The molecule has 3 aliphatic rings. The molecule has 246 valence electrons. The Hall–Kier alpha value is -3.95. The molecule has 1 N–H and O–H groups in total. The van der Waals surface area contributed by atoms with E-state index in [0.717, 1.165) is 16.8 Å². The maximum absolute atomic E-state index is 14.9. The number of nitrogens with zero attached hydrogens (tertiary/aromatic N) is 3. The van der Waals surface area contributed by atoms with Gasteiger partial charge in [-0.05, 0) is 87.9 Å². The maximum Gasteiger partial charge on any atom is 0.253 e. The van der Waals surface area contributed by atoms with E-state index in [2.05, 4.69) is 13.2 Å². The monoisotopic (exact) mass is 629 g/mol. The van der Waals surface area contributed by atoms with Gasteiger partial charge in [0, 0.05) is 37.6 Å². The minimum absolute atomic E-state index is 0.136. The molecule has 5 atom stereocenters. The summed E-state index contributed by atoms with van der Waals surface area (Å²) >= 11 is 0. The quantitative estimate of drug-likeness (QED) is 0.296. The summed E-state index contributed by atoms with van der Waals surface area (Å²) in [6.07, 6.45) is 5.20. The predicted octanol–water partition coefficient (Wildman–Crippen LogP) is 4.98. The number of amides is 3. The van der Waals surface area contributed by atoms with Crippen LogP contribution in [0, 0.1) is 25.7 Å². The lowest BCUT2D eigenvalue weighted by atomic mass is 9.64. The van der Waals surface area contributed by atoms with Crippen molar-refractivity contribution in [2.45, 2.75) is 70.6 Å². The molecule has 0 saturated carbocycles. The van der Waals surface area contributed by atoms with Crippen molar-refractivity contribution in [1.29, 1.82) is 0 Å². The van der Waals surface area contributed by atoms with Gasteiger partial charge in [-0.3, -0.25) is 14.4 Å². The second-order valence-corrected chi connectivity index (χ2v) is 12.6. The number of anilines is 2. The number of aliphatic hydroxyl groups is 1. The summed E-state index contributed by atoms with van der Waals surface area (Å²) in [4.78, 5) is 49.2. The van der Waals surface area contributed by atoms with Crippen LogP contribution in [-0.4, -0.2) is 77.8 Å². The molecule has 9 nitrogen and oxygen atoms in total. The van der Waals surface area contributed by atoms with E-state index in [1.54, 1.807) is 26.9 Å². The van der Waals surface area contributed by atoms with Crippen LogP contribution >= 0.6 is 0 Å². The Morgan fingerprint density at radius 2 is 1.74 bits per heavy atom. The summed E-state index contributed by atoms with van der Waals surface area (Å²) in [5, 5.41) is 9.78. The van der Waals surface area contributed by atoms with E-state index >= 15 is 0 Å². The van der Waals surface area contributed by atoms with Gasteiger partial charge in [0.05, 0.1) is 24.0 Å². The van der Waals surface area contributed by atoms with E-state index in [1.807, 2.05) is 70.2 Å². The summed E-state index contributed by atoms with van der Waals surface area (Å²) in [5.41, 5.74) is 1.26. The van der Waals surface area contributed by atoms with Crippen molar-refractivity contribution >= 4 is 29.1 Å². The highest BCUT2D eigenvalue weighted by atomic mass is 16.5. The Balaban J connectivity index is 1.60. The second kappa shape index (κ2) is 13.4. The highest BCUT2D eigenvalue weighted by molar-refractivity contribution is 6.07. The number of aryl methyl sites for hydroxylation is 2. The molecule has 46 heavy (non-hydrogen) atoms. The Morgan fingerprint density at radius 1 is 1.04 bits per heavy atom. The fourth-order valence-corrected chi connectivity index (χ4v) is 7.96. The van der Waals surface area contributed by atoms with Crippen molar-refractivity contribution in [3.63, 3.8) is 0 Å². The first kappa shape index (κ1) is 33.4. The zero-order chi connectivity index (χ0) is 33.2. The van der Waals surface area contributed by atoms with Crippen molar-refractivity contribution in [2.24, 2.45) is 11.8 Å². The van der Waals surface area contributed by atoms with Crippen molar-refractivity contribution in [2.75, 3.05) is 42.6 Å². The van der Waals surface area contributed by atoms with Gasteiger partial charge in [0.25, 0.3) is 5.91 Å². The van der Waals surface area contributed by atoms with E-state index in [9.17, 15) is 19.5 Å². The number of rotatable bonds is 14. The molecule has 2 unspecified atom stereocenters. The van der Waals surface area contributed by atoms with Gasteiger partial charge in [0.2, 0.25) is 11.8 Å². The van der Waals surface area contributed by atoms with Gasteiger partial charge in [0.15, 0.2) is 0 Å². The van der Waals surface area contributed by atoms with Gasteiger partial charge >= 0.3 is 0 Å². The average Bonchev–Trinajstić information content (AvgIpc) is 3.66. The number of hydrogen-bond donors (Lipinski definition) is 1. The van der Waals surface area contributed by atoms with Crippen molar-refractivity contribution in [3.8, 4) is 5.75 Å². The van der Waals surface area contributed by atoms with Crippen molar-refractivity contribution in [1.82, 2.24) is 4.90 Å². The van der Waals surface area contributed by atoms with E-state index in [4.69, 9.17) is 9.47 Å². The first-order chi connectivity index (χ1) is 22.1. The topological polar surface area (TPSA) is 99.6 Å². The van der Waals surface area contributed by atoms with Crippen LogP contribution < -0.4 is 14.5 Å². The fourth-order valence-electron chi connectivity index (χ4n) is 7.96. The summed E-state index contributed by atoms with van der Waals surface area (Å²) in [6.45, 7) is 16.7. The third-order valence-corrected chi connectivity index (χ3v) is 10.0. The fraction of sp³-hybridized carbons (Fsp3) is 0.486. The largest absolute Gasteiger partial charge is 0.494 e. The summed E-state index contributed by atoms with van der Waals surface area (Å²) in [5.74, 6) is -1.71. The number of carbonyl (C=O) groups is 3. The highest BCUT2D eigenvalue weighted by Crippen LogP contribution is 2.65. The molecule has 9 heteroatoms. The van der Waals surface area contributed by atoms with Crippen molar-refractivity contribution < 1.29 is 29.0 Å². The molecule has 0 aliphatic carbocycles. The lowest BCUT2D eigenvalue weighted by molar-refractivity contribution is -0.146. The molecule has 0 aromatic heterocycles. The van der Waals surface area contributed by atoms with E-state index in [1.165, 1.54) is 0 Å². The molecule has 2 aromatic carbocycles. The van der Waals surface area contributed by atoms with Crippen LogP contribution in [-0.2, 0) is 19.1 Å². The molecule has 3 heterocycles. The Labute approximate surface area is 272 Å². The average molecular weight is 630 g/mol. The molecule has 2 bridgehead atoms. The maximum atomic E-state index is 14.9. The smallest absolute Gasteiger partial charge is 0.253 e. The van der Waals surface area contributed by atoms with Gasteiger partial charge in [0.1, 0.15) is 17.4 Å². The normalized spacial score (nSPS) is 26.2. The van der Waals surface area contributed by atoms with E-state index in [0.29, 0.717) is 43.7 Å². The van der Waals surface area contributed by atoms with Gasteiger partial charge in [-0.15, -0.1) is 13.2 Å². The zero-order valence-corrected chi connectivity index (χ0v) is 27.5. The van der Waals surface area contributed by atoms with Crippen LogP contribution in [0.4, 0.5) is 11.4 Å². The van der Waals surface area contributed by atoms with Crippen LogP contribution in [0.2, 0.25) is 0 Å². The number of carbonyl (C=O) groups excluding carboxylic acids is 3.